The number of fused-ring (bicyclic) bond motifs is 5. The smallest absolute Gasteiger partial charge is 0.303 e. The Morgan fingerprint density at radius 1 is 1.17 bits per heavy atom. The van der Waals surface area contributed by atoms with Crippen molar-refractivity contribution in [2.24, 2.45) is 46.3 Å². The lowest BCUT2D eigenvalue weighted by Crippen LogP contribution is -2.62. The molecule has 4 rings (SSSR count). The van der Waals surface area contributed by atoms with E-state index in [1.165, 1.54) is 0 Å². The number of rotatable bonds is 4. The van der Waals surface area contributed by atoms with Crippen LogP contribution in [0.15, 0.2) is 0 Å². The summed E-state index contributed by atoms with van der Waals surface area (Å²) >= 11 is 0. The van der Waals surface area contributed by atoms with Gasteiger partial charge in [-0.15, -0.1) is 0 Å². The Bertz CT molecular complexity index is 676. The van der Waals surface area contributed by atoms with Crippen LogP contribution in [-0.4, -0.2) is 39.3 Å². The van der Waals surface area contributed by atoms with Crippen molar-refractivity contribution in [3.05, 3.63) is 0 Å². The predicted octanol–water partition coefficient (Wildman–Crippen LogP) is 3.66. The van der Waals surface area contributed by atoms with Crippen LogP contribution in [0.4, 0.5) is 0 Å². The SMILES string of the molecule is CC(CCC(=O)O)C1CCC2C3C(O)CC4CC(=O)CCC4(C)C3CC(O)C12C. The zero-order valence-corrected chi connectivity index (χ0v) is 18.1. The topological polar surface area (TPSA) is 94.8 Å². The Morgan fingerprint density at radius 3 is 2.59 bits per heavy atom. The summed E-state index contributed by atoms with van der Waals surface area (Å²) in [5.74, 6) is 1.10. The molecule has 4 saturated carbocycles. The van der Waals surface area contributed by atoms with Gasteiger partial charge in [0.25, 0.3) is 0 Å². The van der Waals surface area contributed by atoms with Crippen molar-refractivity contribution in [2.45, 2.75) is 90.8 Å². The van der Waals surface area contributed by atoms with Crippen molar-refractivity contribution in [1.29, 1.82) is 0 Å². The minimum absolute atomic E-state index is 0.0348. The van der Waals surface area contributed by atoms with Gasteiger partial charge in [-0.2, -0.15) is 0 Å². The van der Waals surface area contributed by atoms with Gasteiger partial charge in [0, 0.05) is 19.3 Å². The summed E-state index contributed by atoms with van der Waals surface area (Å²) in [6.45, 7) is 6.66. The number of hydrogen-bond acceptors (Lipinski definition) is 4. The average molecular weight is 407 g/mol. The molecular weight excluding hydrogens is 368 g/mol. The van der Waals surface area contributed by atoms with Crippen LogP contribution in [0.3, 0.4) is 0 Å². The number of carbonyl (C=O) groups excluding carboxylic acids is 1. The van der Waals surface area contributed by atoms with Crippen LogP contribution in [0.5, 0.6) is 0 Å². The van der Waals surface area contributed by atoms with E-state index in [4.69, 9.17) is 5.11 Å². The molecule has 0 saturated heterocycles. The van der Waals surface area contributed by atoms with E-state index in [9.17, 15) is 19.8 Å². The average Bonchev–Trinajstić information content (AvgIpc) is 3.01. The van der Waals surface area contributed by atoms with Gasteiger partial charge in [-0.05, 0) is 84.9 Å². The number of ketones is 1. The summed E-state index contributed by atoms with van der Waals surface area (Å²) in [7, 11) is 0. The van der Waals surface area contributed by atoms with E-state index < -0.39 is 18.2 Å². The molecule has 29 heavy (non-hydrogen) atoms. The molecule has 10 atom stereocenters. The van der Waals surface area contributed by atoms with E-state index in [1.807, 2.05) is 0 Å². The number of carboxylic acids is 1. The first-order valence-electron chi connectivity index (χ1n) is 11.7. The van der Waals surface area contributed by atoms with Crippen molar-refractivity contribution in [3.8, 4) is 0 Å². The van der Waals surface area contributed by atoms with Gasteiger partial charge in [0.1, 0.15) is 5.78 Å². The number of aliphatic hydroxyl groups excluding tert-OH is 2. The largest absolute Gasteiger partial charge is 0.481 e. The monoisotopic (exact) mass is 406 g/mol. The quantitative estimate of drug-likeness (QED) is 0.662. The van der Waals surface area contributed by atoms with Crippen LogP contribution in [-0.2, 0) is 9.59 Å². The number of aliphatic carboxylic acids is 1. The highest BCUT2D eigenvalue weighted by Crippen LogP contribution is 2.68. The van der Waals surface area contributed by atoms with E-state index >= 15 is 0 Å². The summed E-state index contributed by atoms with van der Waals surface area (Å²) in [4.78, 5) is 23.1. The van der Waals surface area contributed by atoms with E-state index in [-0.39, 0.29) is 46.8 Å². The molecule has 5 nitrogen and oxygen atoms in total. The first-order chi connectivity index (χ1) is 13.6. The van der Waals surface area contributed by atoms with E-state index in [1.54, 1.807) is 0 Å². The highest BCUT2D eigenvalue weighted by molar-refractivity contribution is 5.79. The standard InChI is InChI=1S/C24H38O5/c1-13(4-7-21(28)29)16-5-6-17-22-18(12-20(27)24(16,17)3)23(2)9-8-15(25)10-14(23)11-19(22)26/h13-14,16-20,22,26-27H,4-12H2,1-3H3,(H,28,29). The van der Waals surface area contributed by atoms with Crippen molar-refractivity contribution in [1.82, 2.24) is 0 Å². The van der Waals surface area contributed by atoms with Crippen LogP contribution in [0.2, 0.25) is 0 Å². The number of carboxylic acid groups (broad SMARTS) is 1. The number of carbonyl (C=O) groups is 2. The summed E-state index contributed by atoms with van der Waals surface area (Å²) in [6, 6.07) is 0. The van der Waals surface area contributed by atoms with Gasteiger partial charge in [-0.1, -0.05) is 20.8 Å². The summed E-state index contributed by atoms with van der Waals surface area (Å²) in [5, 5.41) is 31.8. The molecule has 0 aromatic heterocycles. The molecule has 5 heteroatoms. The Balaban J connectivity index is 1.61. The molecule has 0 aliphatic heterocycles. The fourth-order valence-electron chi connectivity index (χ4n) is 8.50. The van der Waals surface area contributed by atoms with Crippen molar-refractivity contribution in [2.75, 3.05) is 0 Å². The molecule has 4 aliphatic rings. The van der Waals surface area contributed by atoms with Crippen LogP contribution >= 0.6 is 0 Å². The van der Waals surface area contributed by atoms with Crippen molar-refractivity contribution < 1.29 is 24.9 Å². The summed E-state index contributed by atoms with van der Waals surface area (Å²) in [5.41, 5.74) is -0.221. The third-order valence-electron chi connectivity index (χ3n) is 10.2. The van der Waals surface area contributed by atoms with Gasteiger partial charge >= 0.3 is 5.97 Å². The minimum atomic E-state index is -0.755. The predicted molar refractivity (Wildman–Crippen MR) is 109 cm³/mol. The van der Waals surface area contributed by atoms with Gasteiger partial charge in [-0.3, -0.25) is 9.59 Å². The molecular formula is C24H38O5. The zero-order chi connectivity index (χ0) is 21.1. The first kappa shape index (κ1) is 21.3. The van der Waals surface area contributed by atoms with Crippen LogP contribution in [0, 0.1) is 46.3 Å². The van der Waals surface area contributed by atoms with Crippen LogP contribution in [0.1, 0.15) is 78.6 Å². The van der Waals surface area contributed by atoms with Crippen molar-refractivity contribution >= 4 is 11.8 Å². The molecule has 4 aliphatic carbocycles. The number of aliphatic hydroxyl groups is 2. The number of Topliss-reactive ketones (excluding diaryl/α,β-unsaturated/α-hetero) is 1. The van der Waals surface area contributed by atoms with E-state index in [0.29, 0.717) is 43.8 Å². The molecule has 0 heterocycles. The van der Waals surface area contributed by atoms with Gasteiger partial charge < -0.3 is 15.3 Å². The molecule has 0 spiro atoms. The second-order valence-corrected chi connectivity index (χ2v) is 11.2. The summed E-state index contributed by atoms with van der Waals surface area (Å²) < 4.78 is 0. The molecule has 4 fully saturated rings. The van der Waals surface area contributed by atoms with Gasteiger partial charge in [0.15, 0.2) is 0 Å². The lowest BCUT2D eigenvalue weighted by atomic mass is 9.43. The highest BCUT2D eigenvalue weighted by atomic mass is 16.4. The zero-order valence-electron chi connectivity index (χ0n) is 18.1. The lowest BCUT2D eigenvalue weighted by Gasteiger charge is -2.63. The maximum absolute atomic E-state index is 12.1. The van der Waals surface area contributed by atoms with Crippen molar-refractivity contribution in [3.63, 3.8) is 0 Å². The number of hydrogen-bond donors (Lipinski definition) is 3. The molecule has 0 aromatic rings. The minimum Gasteiger partial charge on any atom is -0.481 e. The maximum Gasteiger partial charge on any atom is 0.303 e. The molecule has 0 amide bonds. The van der Waals surface area contributed by atoms with Gasteiger partial charge in [0.2, 0.25) is 0 Å². The molecule has 10 unspecified atom stereocenters. The van der Waals surface area contributed by atoms with Crippen LogP contribution in [0.25, 0.3) is 0 Å². The van der Waals surface area contributed by atoms with E-state index in [2.05, 4.69) is 20.8 Å². The third kappa shape index (κ3) is 3.18. The molecule has 0 bridgehead atoms. The normalized spacial score (nSPS) is 50.4. The lowest BCUT2D eigenvalue weighted by molar-refractivity contribution is -0.201. The molecule has 164 valence electrons. The second kappa shape index (κ2) is 7.33. The Hall–Kier alpha value is -0.940. The molecule has 3 N–H and O–H groups in total. The van der Waals surface area contributed by atoms with Crippen LogP contribution < -0.4 is 0 Å². The third-order valence-corrected chi connectivity index (χ3v) is 10.2. The van der Waals surface area contributed by atoms with Gasteiger partial charge in [0.05, 0.1) is 12.2 Å². The van der Waals surface area contributed by atoms with Gasteiger partial charge in [-0.25, -0.2) is 0 Å². The first-order valence-corrected chi connectivity index (χ1v) is 11.7. The highest BCUT2D eigenvalue weighted by Gasteiger charge is 2.65. The Labute approximate surface area is 174 Å². The fourth-order valence-corrected chi connectivity index (χ4v) is 8.50. The molecule has 0 radical (unpaired) electrons. The Kier molecular flexibility index (Phi) is 5.39. The summed E-state index contributed by atoms with van der Waals surface area (Å²) in [6.07, 6.45) is 5.56. The second-order valence-electron chi connectivity index (χ2n) is 11.2. The van der Waals surface area contributed by atoms with E-state index in [0.717, 1.165) is 19.3 Å². The molecule has 0 aromatic carbocycles. The maximum atomic E-state index is 12.1. The Morgan fingerprint density at radius 2 is 1.90 bits per heavy atom. The fraction of sp³-hybridized carbons (Fsp3) is 0.917.